The first-order valence-electron chi connectivity index (χ1n) is 7.26. The molecule has 3 rings (SSSR count). The van der Waals surface area contributed by atoms with E-state index in [9.17, 15) is 4.79 Å². The van der Waals surface area contributed by atoms with Gasteiger partial charge in [-0.1, -0.05) is 19.0 Å². The molecule has 7 heteroatoms. The molecule has 7 nitrogen and oxygen atoms in total. The molecular formula is C14H19N5O2. The zero-order valence-electron chi connectivity index (χ0n) is 12.2. The van der Waals surface area contributed by atoms with Crippen LogP contribution in [-0.4, -0.2) is 38.1 Å². The van der Waals surface area contributed by atoms with Gasteiger partial charge < -0.3 is 9.51 Å². The maximum absolute atomic E-state index is 11.3. The molecule has 1 saturated heterocycles. The molecule has 21 heavy (non-hydrogen) atoms. The van der Waals surface area contributed by atoms with Crippen LogP contribution >= 0.6 is 0 Å². The van der Waals surface area contributed by atoms with Crippen molar-refractivity contribution in [3.63, 3.8) is 0 Å². The number of nitrogens with one attached hydrogen (secondary N) is 1. The van der Waals surface area contributed by atoms with Crippen molar-refractivity contribution in [1.29, 1.82) is 0 Å². The van der Waals surface area contributed by atoms with Crippen LogP contribution in [0.5, 0.6) is 0 Å². The van der Waals surface area contributed by atoms with E-state index >= 15 is 0 Å². The fourth-order valence-electron chi connectivity index (χ4n) is 2.76. The Morgan fingerprint density at radius 1 is 1.52 bits per heavy atom. The monoisotopic (exact) mass is 289 g/mol. The van der Waals surface area contributed by atoms with E-state index in [0.717, 1.165) is 25.9 Å². The first-order valence-corrected chi connectivity index (χ1v) is 7.26. The molecule has 112 valence electrons. The molecule has 3 heterocycles. The Bertz CT molecular complexity index is 663. The highest BCUT2D eigenvalue weighted by Crippen LogP contribution is 2.32. The molecule has 1 unspecified atom stereocenters. The van der Waals surface area contributed by atoms with E-state index in [2.05, 4.69) is 38.9 Å². The minimum absolute atomic E-state index is 0.177. The van der Waals surface area contributed by atoms with Crippen molar-refractivity contribution < 1.29 is 4.52 Å². The van der Waals surface area contributed by atoms with Crippen LogP contribution < -0.4 is 5.56 Å². The lowest BCUT2D eigenvalue weighted by Crippen LogP contribution is -2.27. The summed E-state index contributed by atoms with van der Waals surface area (Å²) in [5.41, 5.74) is 0.204. The molecule has 0 saturated carbocycles. The van der Waals surface area contributed by atoms with Gasteiger partial charge in [-0.2, -0.15) is 4.98 Å². The molecule has 1 atom stereocenters. The molecule has 1 fully saturated rings. The highest BCUT2D eigenvalue weighted by atomic mass is 16.5. The molecule has 0 bridgehead atoms. The summed E-state index contributed by atoms with van der Waals surface area (Å²) in [7, 11) is 0. The van der Waals surface area contributed by atoms with Crippen molar-refractivity contribution in [2.24, 2.45) is 5.92 Å². The van der Waals surface area contributed by atoms with E-state index in [-0.39, 0.29) is 11.6 Å². The first-order chi connectivity index (χ1) is 10.1. The Morgan fingerprint density at radius 2 is 2.38 bits per heavy atom. The zero-order valence-corrected chi connectivity index (χ0v) is 12.2. The second-order valence-electron chi connectivity index (χ2n) is 5.80. The molecule has 1 aliphatic rings. The third-order valence-electron chi connectivity index (χ3n) is 3.60. The van der Waals surface area contributed by atoms with Crippen LogP contribution in [0.15, 0.2) is 21.7 Å². The van der Waals surface area contributed by atoms with Gasteiger partial charge in [0, 0.05) is 12.6 Å². The quantitative estimate of drug-likeness (QED) is 0.920. The largest absolute Gasteiger partial charge is 0.337 e. The third kappa shape index (κ3) is 3.02. The van der Waals surface area contributed by atoms with Crippen LogP contribution in [-0.2, 0) is 0 Å². The smallest absolute Gasteiger partial charge is 0.251 e. The van der Waals surface area contributed by atoms with E-state index in [4.69, 9.17) is 4.52 Å². The first kappa shape index (κ1) is 13.9. The number of hydrogen-bond acceptors (Lipinski definition) is 6. The maximum atomic E-state index is 11.3. The predicted octanol–water partition coefficient (Wildman–Crippen LogP) is 1.61. The molecule has 2 aromatic heterocycles. The van der Waals surface area contributed by atoms with Crippen LogP contribution in [0.2, 0.25) is 0 Å². The summed E-state index contributed by atoms with van der Waals surface area (Å²) in [6.45, 7) is 6.49. The molecular weight excluding hydrogens is 270 g/mol. The van der Waals surface area contributed by atoms with Gasteiger partial charge in [0.05, 0.1) is 12.4 Å². The van der Waals surface area contributed by atoms with Gasteiger partial charge in [0.25, 0.3) is 5.56 Å². The molecule has 0 radical (unpaired) electrons. The van der Waals surface area contributed by atoms with Crippen LogP contribution in [0.25, 0.3) is 11.5 Å². The van der Waals surface area contributed by atoms with E-state index in [1.807, 2.05) is 0 Å². The van der Waals surface area contributed by atoms with Crippen molar-refractivity contribution in [2.75, 3.05) is 13.1 Å². The number of aromatic nitrogens is 4. The average Bonchev–Trinajstić information content (AvgIpc) is 3.06. The number of aromatic amines is 1. The summed E-state index contributed by atoms with van der Waals surface area (Å²) < 4.78 is 5.40. The summed E-state index contributed by atoms with van der Waals surface area (Å²) in [6, 6.07) is 1.55. The van der Waals surface area contributed by atoms with Crippen LogP contribution in [0.1, 0.15) is 38.6 Å². The summed E-state index contributed by atoms with van der Waals surface area (Å²) in [5, 5.41) is 3.96. The van der Waals surface area contributed by atoms with Gasteiger partial charge in [0.1, 0.15) is 5.69 Å². The Kier molecular flexibility index (Phi) is 3.83. The van der Waals surface area contributed by atoms with Crippen molar-refractivity contribution in [3.05, 3.63) is 28.6 Å². The van der Waals surface area contributed by atoms with E-state index in [1.165, 1.54) is 12.4 Å². The van der Waals surface area contributed by atoms with Gasteiger partial charge in [-0.15, -0.1) is 0 Å². The molecule has 0 amide bonds. The number of rotatable bonds is 4. The van der Waals surface area contributed by atoms with E-state index in [0.29, 0.717) is 23.3 Å². The van der Waals surface area contributed by atoms with Crippen molar-refractivity contribution in [2.45, 2.75) is 32.7 Å². The summed E-state index contributed by atoms with van der Waals surface area (Å²) in [5.74, 6) is 1.58. The summed E-state index contributed by atoms with van der Waals surface area (Å²) >= 11 is 0. The lowest BCUT2D eigenvalue weighted by Gasteiger charge is -2.23. The highest BCUT2D eigenvalue weighted by Gasteiger charge is 2.31. The lowest BCUT2D eigenvalue weighted by molar-refractivity contribution is 0.189. The fraction of sp³-hybridized carbons (Fsp3) is 0.571. The Balaban J connectivity index is 1.83. The van der Waals surface area contributed by atoms with Gasteiger partial charge in [0.2, 0.25) is 11.7 Å². The second-order valence-corrected chi connectivity index (χ2v) is 5.80. The van der Waals surface area contributed by atoms with E-state index in [1.54, 1.807) is 0 Å². The molecule has 0 aliphatic carbocycles. The van der Waals surface area contributed by atoms with Gasteiger partial charge in [0.15, 0.2) is 0 Å². The fourth-order valence-corrected chi connectivity index (χ4v) is 2.76. The van der Waals surface area contributed by atoms with Crippen molar-refractivity contribution in [3.8, 4) is 11.5 Å². The minimum atomic E-state index is -0.228. The van der Waals surface area contributed by atoms with Crippen LogP contribution in [0.4, 0.5) is 0 Å². The zero-order chi connectivity index (χ0) is 14.8. The number of H-pyrrole nitrogens is 1. The normalized spacial score (nSPS) is 19.5. The second kappa shape index (κ2) is 5.77. The van der Waals surface area contributed by atoms with Crippen molar-refractivity contribution >= 4 is 0 Å². The van der Waals surface area contributed by atoms with Gasteiger partial charge in [-0.25, -0.2) is 4.98 Å². The van der Waals surface area contributed by atoms with Crippen molar-refractivity contribution in [1.82, 2.24) is 25.0 Å². The standard InChI is InChI=1S/C14H19N5O2/c1-9(2)7-19-5-3-4-11(19)14-17-13(18-21-14)10-6-12(20)16-8-15-10/h6,8-9,11H,3-5,7H2,1-2H3,(H,15,16,20). The minimum Gasteiger partial charge on any atom is -0.337 e. The Labute approximate surface area is 122 Å². The third-order valence-corrected chi connectivity index (χ3v) is 3.60. The molecule has 0 spiro atoms. The molecule has 2 aromatic rings. The Morgan fingerprint density at radius 3 is 3.14 bits per heavy atom. The lowest BCUT2D eigenvalue weighted by atomic mass is 10.1. The van der Waals surface area contributed by atoms with Gasteiger partial charge >= 0.3 is 0 Å². The maximum Gasteiger partial charge on any atom is 0.251 e. The SMILES string of the molecule is CC(C)CN1CCCC1c1nc(-c2cc(=O)[nH]cn2)no1. The molecule has 0 aromatic carbocycles. The molecule has 1 N–H and O–H groups in total. The topological polar surface area (TPSA) is 87.9 Å². The summed E-state index contributed by atoms with van der Waals surface area (Å²) in [4.78, 5) is 24.7. The predicted molar refractivity (Wildman–Crippen MR) is 76.5 cm³/mol. The van der Waals surface area contributed by atoms with Crippen LogP contribution in [0, 0.1) is 5.92 Å². The molecule has 1 aliphatic heterocycles. The Hall–Kier alpha value is -2.02. The van der Waals surface area contributed by atoms with Crippen LogP contribution in [0.3, 0.4) is 0 Å². The number of likely N-dealkylation sites (tertiary alicyclic amines) is 1. The average molecular weight is 289 g/mol. The van der Waals surface area contributed by atoms with Gasteiger partial charge in [-0.3, -0.25) is 9.69 Å². The van der Waals surface area contributed by atoms with E-state index < -0.39 is 0 Å². The highest BCUT2D eigenvalue weighted by molar-refractivity contribution is 5.46. The number of hydrogen-bond donors (Lipinski definition) is 1. The number of nitrogens with zero attached hydrogens (tertiary/aromatic N) is 4. The van der Waals surface area contributed by atoms with Gasteiger partial charge in [-0.05, 0) is 25.3 Å². The summed E-state index contributed by atoms with van der Waals surface area (Å²) in [6.07, 6.45) is 3.50.